The molecule has 1 nitrogen and oxygen atoms in total. The summed E-state index contributed by atoms with van der Waals surface area (Å²) in [5.41, 5.74) is 5.63. The van der Waals surface area contributed by atoms with E-state index in [1.54, 1.807) is 0 Å². The summed E-state index contributed by atoms with van der Waals surface area (Å²) in [5.74, 6) is 0.0197. The summed E-state index contributed by atoms with van der Waals surface area (Å²) in [6, 6.07) is 33.9. The molecule has 0 radical (unpaired) electrons. The Morgan fingerprint density at radius 1 is 0.519 bits per heavy atom. The Balaban J connectivity index is 1.87. The van der Waals surface area contributed by atoms with Crippen molar-refractivity contribution in [1.29, 1.82) is 0 Å². The standard InChI is InChI=1S/C25H17BrO/c26-24-13-7-12-20(17-24)25(27)23-15-21(18-8-3-1-4-9-18)14-22(16-23)19-10-5-2-6-11-19/h1-17H. The maximum atomic E-state index is 13.1. The van der Waals surface area contributed by atoms with Gasteiger partial charge in [0.05, 0.1) is 0 Å². The molecule has 0 N–H and O–H groups in total. The summed E-state index contributed by atoms with van der Waals surface area (Å²) in [7, 11) is 0. The Labute approximate surface area is 167 Å². The molecule has 4 aromatic carbocycles. The van der Waals surface area contributed by atoms with Gasteiger partial charge in [0.1, 0.15) is 0 Å². The number of hydrogen-bond acceptors (Lipinski definition) is 1. The van der Waals surface area contributed by atoms with Gasteiger partial charge in [-0.3, -0.25) is 4.79 Å². The first-order chi connectivity index (χ1) is 13.2. The van der Waals surface area contributed by atoms with E-state index >= 15 is 0 Å². The number of ketones is 1. The molecule has 0 spiro atoms. The number of hydrogen-bond donors (Lipinski definition) is 0. The minimum atomic E-state index is 0.0197. The van der Waals surface area contributed by atoms with Crippen molar-refractivity contribution in [1.82, 2.24) is 0 Å². The van der Waals surface area contributed by atoms with Crippen LogP contribution in [-0.2, 0) is 0 Å². The minimum Gasteiger partial charge on any atom is -0.289 e. The first-order valence-corrected chi connectivity index (χ1v) is 9.56. The second-order valence-electron chi connectivity index (χ2n) is 6.37. The van der Waals surface area contributed by atoms with Crippen LogP contribution in [0.25, 0.3) is 22.3 Å². The molecule has 0 bridgehead atoms. The molecule has 0 saturated heterocycles. The Kier molecular flexibility index (Phi) is 4.99. The van der Waals surface area contributed by atoms with Crippen LogP contribution < -0.4 is 0 Å². The predicted molar refractivity (Wildman–Crippen MR) is 115 cm³/mol. The molecule has 0 aliphatic rings. The second kappa shape index (κ2) is 7.73. The fraction of sp³-hybridized carbons (Fsp3) is 0. The van der Waals surface area contributed by atoms with Gasteiger partial charge in [-0.05, 0) is 52.6 Å². The molecule has 0 aliphatic carbocycles. The lowest BCUT2D eigenvalue weighted by Crippen LogP contribution is -2.02. The van der Waals surface area contributed by atoms with Crippen LogP contribution in [0.5, 0.6) is 0 Å². The third-order valence-electron chi connectivity index (χ3n) is 4.50. The lowest BCUT2D eigenvalue weighted by atomic mass is 9.93. The molecule has 2 heteroatoms. The van der Waals surface area contributed by atoms with E-state index in [1.807, 2.05) is 72.8 Å². The van der Waals surface area contributed by atoms with E-state index in [1.165, 1.54) is 0 Å². The van der Waals surface area contributed by atoms with Crippen molar-refractivity contribution in [2.24, 2.45) is 0 Å². The predicted octanol–water partition coefficient (Wildman–Crippen LogP) is 7.01. The van der Waals surface area contributed by atoms with E-state index in [0.29, 0.717) is 11.1 Å². The van der Waals surface area contributed by atoms with Crippen LogP contribution in [0, 0.1) is 0 Å². The molecule has 4 aromatic rings. The van der Waals surface area contributed by atoms with Crippen LogP contribution in [0.2, 0.25) is 0 Å². The van der Waals surface area contributed by atoms with Crippen LogP contribution in [0.4, 0.5) is 0 Å². The van der Waals surface area contributed by atoms with E-state index in [9.17, 15) is 4.79 Å². The fourth-order valence-electron chi connectivity index (χ4n) is 3.15. The molecule has 0 amide bonds. The monoisotopic (exact) mass is 412 g/mol. The zero-order valence-corrected chi connectivity index (χ0v) is 16.2. The van der Waals surface area contributed by atoms with Crippen LogP contribution in [0.1, 0.15) is 15.9 Å². The van der Waals surface area contributed by atoms with Gasteiger partial charge in [-0.1, -0.05) is 88.7 Å². The molecule has 0 aliphatic heterocycles. The lowest BCUT2D eigenvalue weighted by molar-refractivity contribution is 0.103. The minimum absolute atomic E-state index is 0.0197. The highest BCUT2D eigenvalue weighted by molar-refractivity contribution is 9.10. The Bertz CT molecular complexity index is 1030. The Hall–Kier alpha value is -2.97. The Morgan fingerprint density at radius 3 is 1.59 bits per heavy atom. The molecule has 0 aromatic heterocycles. The average molecular weight is 413 g/mol. The summed E-state index contributed by atoms with van der Waals surface area (Å²) >= 11 is 3.45. The Morgan fingerprint density at radius 2 is 1.07 bits per heavy atom. The van der Waals surface area contributed by atoms with Gasteiger partial charge in [-0.15, -0.1) is 0 Å². The molecule has 130 valence electrons. The SMILES string of the molecule is O=C(c1cccc(Br)c1)c1cc(-c2ccccc2)cc(-c2ccccc2)c1. The molecule has 0 saturated carbocycles. The summed E-state index contributed by atoms with van der Waals surface area (Å²) in [4.78, 5) is 13.1. The van der Waals surface area contributed by atoms with E-state index in [0.717, 1.165) is 26.7 Å². The average Bonchev–Trinajstić information content (AvgIpc) is 2.74. The van der Waals surface area contributed by atoms with Crippen molar-refractivity contribution in [2.75, 3.05) is 0 Å². The third-order valence-corrected chi connectivity index (χ3v) is 4.99. The summed E-state index contributed by atoms with van der Waals surface area (Å²) < 4.78 is 0.899. The molecule has 0 unspecified atom stereocenters. The van der Waals surface area contributed by atoms with Crippen LogP contribution in [0.3, 0.4) is 0 Å². The molecule has 0 fully saturated rings. The zero-order valence-electron chi connectivity index (χ0n) is 14.6. The molecule has 4 rings (SSSR count). The molecule has 0 heterocycles. The van der Waals surface area contributed by atoms with Crippen molar-refractivity contribution in [3.05, 3.63) is 119 Å². The molecule has 0 atom stereocenters. The van der Waals surface area contributed by atoms with Gasteiger partial charge in [-0.25, -0.2) is 0 Å². The molecule has 27 heavy (non-hydrogen) atoms. The van der Waals surface area contributed by atoms with E-state index in [-0.39, 0.29) is 5.78 Å². The van der Waals surface area contributed by atoms with Crippen molar-refractivity contribution in [3.8, 4) is 22.3 Å². The first kappa shape index (κ1) is 17.4. The summed E-state index contributed by atoms with van der Waals surface area (Å²) in [6.45, 7) is 0. The maximum Gasteiger partial charge on any atom is 0.193 e. The summed E-state index contributed by atoms with van der Waals surface area (Å²) in [6.07, 6.45) is 0. The number of carbonyl (C=O) groups is 1. The number of rotatable bonds is 4. The van der Waals surface area contributed by atoms with Crippen molar-refractivity contribution in [2.45, 2.75) is 0 Å². The van der Waals surface area contributed by atoms with Gasteiger partial charge < -0.3 is 0 Å². The second-order valence-corrected chi connectivity index (χ2v) is 7.29. The summed E-state index contributed by atoms with van der Waals surface area (Å²) in [5, 5.41) is 0. The van der Waals surface area contributed by atoms with E-state index < -0.39 is 0 Å². The highest BCUT2D eigenvalue weighted by Gasteiger charge is 2.13. The van der Waals surface area contributed by atoms with E-state index in [2.05, 4.69) is 46.3 Å². The lowest BCUT2D eigenvalue weighted by Gasteiger charge is -2.11. The number of benzene rings is 4. The topological polar surface area (TPSA) is 17.1 Å². The van der Waals surface area contributed by atoms with Crippen LogP contribution >= 0.6 is 15.9 Å². The first-order valence-electron chi connectivity index (χ1n) is 8.77. The van der Waals surface area contributed by atoms with Gasteiger partial charge in [-0.2, -0.15) is 0 Å². The normalized spacial score (nSPS) is 10.6. The molecular weight excluding hydrogens is 396 g/mol. The highest BCUT2D eigenvalue weighted by atomic mass is 79.9. The van der Waals surface area contributed by atoms with Crippen LogP contribution in [0.15, 0.2) is 108 Å². The zero-order chi connectivity index (χ0) is 18.6. The van der Waals surface area contributed by atoms with Crippen molar-refractivity contribution >= 4 is 21.7 Å². The largest absolute Gasteiger partial charge is 0.289 e. The maximum absolute atomic E-state index is 13.1. The van der Waals surface area contributed by atoms with Gasteiger partial charge in [0.25, 0.3) is 0 Å². The molecular formula is C25H17BrO. The van der Waals surface area contributed by atoms with Crippen molar-refractivity contribution in [3.63, 3.8) is 0 Å². The van der Waals surface area contributed by atoms with Crippen LogP contribution in [-0.4, -0.2) is 5.78 Å². The third kappa shape index (κ3) is 3.91. The van der Waals surface area contributed by atoms with Gasteiger partial charge in [0, 0.05) is 15.6 Å². The quantitative estimate of drug-likeness (QED) is 0.329. The smallest absolute Gasteiger partial charge is 0.193 e. The highest BCUT2D eigenvalue weighted by Crippen LogP contribution is 2.29. The number of carbonyl (C=O) groups excluding carboxylic acids is 1. The van der Waals surface area contributed by atoms with Crippen molar-refractivity contribution < 1.29 is 4.79 Å². The fourth-order valence-corrected chi connectivity index (χ4v) is 3.55. The van der Waals surface area contributed by atoms with Gasteiger partial charge in [0.2, 0.25) is 0 Å². The van der Waals surface area contributed by atoms with Gasteiger partial charge >= 0.3 is 0 Å². The number of halogens is 1. The van der Waals surface area contributed by atoms with E-state index in [4.69, 9.17) is 0 Å². The van der Waals surface area contributed by atoms with Gasteiger partial charge in [0.15, 0.2) is 5.78 Å².